The van der Waals surface area contributed by atoms with Crippen molar-refractivity contribution in [1.82, 2.24) is 14.8 Å². The highest BCUT2D eigenvalue weighted by Crippen LogP contribution is 2.28. The van der Waals surface area contributed by atoms with Crippen LogP contribution in [0.2, 0.25) is 0 Å². The third-order valence-corrected chi connectivity index (χ3v) is 3.61. The van der Waals surface area contributed by atoms with Gasteiger partial charge in [-0.2, -0.15) is 5.10 Å². The van der Waals surface area contributed by atoms with Crippen molar-refractivity contribution in [2.24, 2.45) is 5.73 Å². The van der Waals surface area contributed by atoms with Crippen LogP contribution in [0, 0.1) is 5.82 Å². The van der Waals surface area contributed by atoms with Crippen molar-refractivity contribution in [3.8, 4) is 0 Å². The quantitative estimate of drug-likeness (QED) is 0.827. The highest BCUT2D eigenvalue weighted by atomic mass is 19.1. The van der Waals surface area contributed by atoms with Gasteiger partial charge in [0.25, 0.3) is 0 Å². The van der Waals surface area contributed by atoms with Gasteiger partial charge < -0.3 is 10.8 Å². The SMILES string of the molecule is CCn1ncnc1CC(CN)(C(=O)O)c1ccc(F)cc1. The zero-order valence-corrected chi connectivity index (χ0v) is 11.7. The van der Waals surface area contributed by atoms with Gasteiger partial charge in [0.2, 0.25) is 0 Å². The standard InChI is InChI=1S/C14H17FN4O2/c1-2-19-12(17-9-18-19)7-14(8-16,13(20)21)10-3-5-11(15)6-4-10/h3-6,9H,2,7-8,16H2,1H3,(H,20,21). The minimum Gasteiger partial charge on any atom is -0.481 e. The van der Waals surface area contributed by atoms with Gasteiger partial charge in [-0.15, -0.1) is 0 Å². The van der Waals surface area contributed by atoms with Crippen LogP contribution in [0.1, 0.15) is 18.3 Å². The Morgan fingerprint density at radius 3 is 2.62 bits per heavy atom. The zero-order chi connectivity index (χ0) is 15.5. The fourth-order valence-electron chi connectivity index (χ4n) is 2.31. The lowest BCUT2D eigenvalue weighted by Crippen LogP contribution is -2.45. The lowest BCUT2D eigenvalue weighted by Gasteiger charge is -2.28. The predicted octanol–water partition coefficient (Wildman–Crippen LogP) is 0.961. The van der Waals surface area contributed by atoms with Gasteiger partial charge >= 0.3 is 5.97 Å². The second-order valence-corrected chi connectivity index (χ2v) is 4.77. The molecule has 0 saturated heterocycles. The monoisotopic (exact) mass is 292 g/mol. The number of aliphatic carboxylic acids is 1. The van der Waals surface area contributed by atoms with Crippen molar-refractivity contribution in [1.29, 1.82) is 0 Å². The van der Waals surface area contributed by atoms with E-state index in [1.165, 1.54) is 30.6 Å². The fourth-order valence-corrected chi connectivity index (χ4v) is 2.31. The van der Waals surface area contributed by atoms with E-state index in [0.717, 1.165) is 0 Å². The normalized spacial score (nSPS) is 13.9. The van der Waals surface area contributed by atoms with Crippen LogP contribution in [0.5, 0.6) is 0 Å². The molecule has 0 aliphatic heterocycles. The summed E-state index contributed by atoms with van der Waals surface area (Å²) < 4.78 is 14.7. The van der Waals surface area contributed by atoms with E-state index < -0.39 is 17.2 Å². The summed E-state index contributed by atoms with van der Waals surface area (Å²) in [5.74, 6) is -0.955. The van der Waals surface area contributed by atoms with Crippen LogP contribution in [0.3, 0.4) is 0 Å². The Hall–Kier alpha value is -2.28. The molecule has 0 fully saturated rings. The first-order valence-corrected chi connectivity index (χ1v) is 6.59. The third kappa shape index (κ3) is 2.78. The van der Waals surface area contributed by atoms with Gasteiger partial charge in [-0.25, -0.2) is 9.37 Å². The van der Waals surface area contributed by atoms with Crippen LogP contribution >= 0.6 is 0 Å². The van der Waals surface area contributed by atoms with Crippen molar-refractivity contribution in [2.75, 3.05) is 6.54 Å². The van der Waals surface area contributed by atoms with Crippen molar-refractivity contribution in [3.63, 3.8) is 0 Å². The highest BCUT2D eigenvalue weighted by molar-refractivity contribution is 5.82. The Bertz CT molecular complexity index is 626. The molecule has 0 spiro atoms. The molecule has 1 unspecified atom stereocenters. The molecular formula is C14H17FN4O2. The van der Waals surface area contributed by atoms with Crippen LogP contribution in [0.15, 0.2) is 30.6 Å². The average molecular weight is 292 g/mol. The van der Waals surface area contributed by atoms with Gasteiger partial charge in [0.05, 0.1) is 0 Å². The van der Waals surface area contributed by atoms with Crippen LogP contribution in [-0.2, 0) is 23.2 Å². The van der Waals surface area contributed by atoms with E-state index in [1.54, 1.807) is 4.68 Å². The van der Waals surface area contributed by atoms with E-state index in [1.807, 2.05) is 6.92 Å². The first kappa shape index (κ1) is 15.1. The summed E-state index contributed by atoms with van der Waals surface area (Å²) in [4.78, 5) is 15.9. The Balaban J connectivity index is 2.47. The number of hydrogen-bond acceptors (Lipinski definition) is 4. The largest absolute Gasteiger partial charge is 0.481 e. The van der Waals surface area contributed by atoms with Gasteiger partial charge in [-0.05, 0) is 24.6 Å². The van der Waals surface area contributed by atoms with E-state index in [0.29, 0.717) is 17.9 Å². The number of carboxylic acids is 1. The lowest BCUT2D eigenvalue weighted by molar-refractivity contribution is -0.143. The van der Waals surface area contributed by atoms with Crippen LogP contribution in [0.4, 0.5) is 4.39 Å². The smallest absolute Gasteiger partial charge is 0.315 e. The van der Waals surface area contributed by atoms with Crippen LogP contribution < -0.4 is 5.73 Å². The molecule has 1 heterocycles. The van der Waals surface area contributed by atoms with Gasteiger partial charge in [0, 0.05) is 19.5 Å². The van der Waals surface area contributed by atoms with E-state index >= 15 is 0 Å². The molecule has 0 aliphatic carbocycles. The molecule has 0 radical (unpaired) electrons. The van der Waals surface area contributed by atoms with E-state index in [4.69, 9.17) is 5.73 Å². The minimum absolute atomic E-state index is 0.0955. The summed E-state index contributed by atoms with van der Waals surface area (Å²) in [5.41, 5.74) is 4.85. The molecule has 0 aliphatic rings. The Kier molecular flexibility index (Phi) is 4.32. The molecule has 1 atom stereocenters. The maximum absolute atomic E-state index is 13.1. The number of aryl methyl sites for hydroxylation is 1. The highest BCUT2D eigenvalue weighted by Gasteiger charge is 2.40. The maximum Gasteiger partial charge on any atom is 0.315 e. The number of nitrogens with zero attached hydrogens (tertiary/aromatic N) is 3. The Morgan fingerprint density at radius 2 is 2.10 bits per heavy atom. The molecule has 0 bridgehead atoms. The van der Waals surface area contributed by atoms with E-state index in [-0.39, 0.29) is 13.0 Å². The molecule has 2 aromatic rings. The summed E-state index contributed by atoms with van der Waals surface area (Å²) in [7, 11) is 0. The molecule has 3 N–H and O–H groups in total. The van der Waals surface area contributed by atoms with Crippen molar-refractivity contribution < 1.29 is 14.3 Å². The molecule has 1 aromatic carbocycles. The number of nitrogens with two attached hydrogens (primary N) is 1. The number of halogens is 1. The van der Waals surface area contributed by atoms with Crippen molar-refractivity contribution in [3.05, 3.63) is 47.8 Å². The molecule has 2 rings (SSSR count). The third-order valence-electron chi connectivity index (χ3n) is 3.61. The summed E-state index contributed by atoms with van der Waals surface area (Å²) in [6, 6.07) is 5.35. The number of hydrogen-bond donors (Lipinski definition) is 2. The van der Waals surface area contributed by atoms with Crippen molar-refractivity contribution in [2.45, 2.75) is 25.3 Å². The molecule has 1 aromatic heterocycles. The molecule has 7 heteroatoms. The maximum atomic E-state index is 13.1. The molecule has 6 nitrogen and oxygen atoms in total. The zero-order valence-electron chi connectivity index (χ0n) is 11.7. The van der Waals surface area contributed by atoms with Crippen molar-refractivity contribution >= 4 is 5.97 Å². The average Bonchev–Trinajstić information content (AvgIpc) is 2.92. The molecular weight excluding hydrogens is 275 g/mol. The number of rotatable bonds is 6. The van der Waals surface area contributed by atoms with E-state index in [2.05, 4.69) is 10.1 Å². The molecule has 0 saturated carbocycles. The number of carboxylic acid groups (broad SMARTS) is 1. The molecule has 21 heavy (non-hydrogen) atoms. The number of carbonyl (C=O) groups is 1. The Labute approximate surface area is 121 Å². The summed E-state index contributed by atoms with van der Waals surface area (Å²) in [6.07, 6.45) is 1.48. The number of aromatic nitrogens is 3. The van der Waals surface area contributed by atoms with Crippen LogP contribution in [-0.4, -0.2) is 32.4 Å². The first-order chi connectivity index (χ1) is 10.0. The summed E-state index contributed by atoms with van der Waals surface area (Å²) in [5, 5.41) is 13.7. The van der Waals surface area contributed by atoms with Gasteiger partial charge in [-0.3, -0.25) is 9.48 Å². The van der Waals surface area contributed by atoms with Gasteiger partial charge in [0.1, 0.15) is 23.4 Å². The predicted molar refractivity (Wildman–Crippen MR) is 74.2 cm³/mol. The second kappa shape index (κ2) is 6.01. The lowest BCUT2D eigenvalue weighted by atomic mass is 9.77. The van der Waals surface area contributed by atoms with Gasteiger partial charge in [-0.1, -0.05) is 12.1 Å². The first-order valence-electron chi connectivity index (χ1n) is 6.59. The molecule has 112 valence electrons. The van der Waals surface area contributed by atoms with Crippen LogP contribution in [0.25, 0.3) is 0 Å². The topological polar surface area (TPSA) is 94.0 Å². The summed E-state index contributed by atoms with van der Waals surface area (Å²) in [6.45, 7) is 2.35. The Morgan fingerprint density at radius 1 is 1.43 bits per heavy atom. The molecule has 0 amide bonds. The minimum atomic E-state index is -1.35. The second-order valence-electron chi connectivity index (χ2n) is 4.77. The van der Waals surface area contributed by atoms with Gasteiger partial charge in [0.15, 0.2) is 0 Å². The van der Waals surface area contributed by atoms with E-state index in [9.17, 15) is 14.3 Å². The fraction of sp³-hybridized carbons (Fsp3) is 0.357. The summed E-state index contributed by atoms with van der Waals surface area (Å²) >= 11 is 0. The number of benzene rings is 1.